The number of nitrogens with zero attached hydrogens (tertiary/aromatic N) is 4. The Kier molecular flexibility index (Phi) is 6.01. The van der Waals surface area contributed by atoms with Crippen LogP contribution in [0.3, 0.4) is 0 Å². The van der Waals surface area contributed by atoms with E-state index in [0.29, 0.717) is 25.3 Å². The van der Waals surface area contributed by atoms with Crippen LogP contribution in [0.2, 0.25) is 0 Å². The van der Waals surface area contributed by atoms with Crippen molar-refractivity contribution in [2.75, 3.05) is 50.2 Å². The molecule has 2 aliphatic rings. The Balaban J connectivity index is 2.06. The van der Waals surface area contributed by atoms with Crippen LogP contribution in [0.15, 0.2) is 12.1 Å². The Labute approximate surface area is 172 Å². The molecule has 29 heavy (non-hydrogen) atoms. The maximum Gasteiger partial charge on any atom is 0.310 e. The standard InChI is InChI=1S/C21H30N4O4/c1-20(28-3)7-5-9-23(14-20)17-11-16(13-22)19(25(26)27)18(12-17)24-10-6-8-21(2,15-24)29-4/h11-12H,5-10,14-15H2,1-4H3. The summed E-state index contributed by atoms with van der Waals surface area (Å²) in [4.78, 5) is 15.6. The number of piperidine rings is 2. The summed E-state index contributed by atoms with van der Waals surface area (Å²) < 4.78 is 11.4. The van der Waals surface area contributed by atoms with E-state index in [1.54, 1.807) is 20.3 Å². The lowest BCUT2D eigenvalue weighted by Gasteiger charge is -2.42. The van der Waals surface area contributed by atoms with Gasteiger partial charge in [0.1, 0.15) is 17.3 Å². The molecule has 0 amide bonds. The molecule has 2 saturated heterocycles. The van der Waals surface area contributed by atoms with Crippen molar-refractivity contribution in [1.82, 2.24) is 0 Å². The lowest BCUT2D eigenvalue weighted by molar-refractivity contribution is -0.384. The van der Waals surface area contributed by atoms with Crippen molar-refractivity contribution < 1.29 is 14.4 Å². The molecule has 0 aromatic heterocycles. The Morgan fingerprint density at radius 2 is 1.62 bits per heavy atom. The minimum Gasteiger partial charge on any atom is -0.377 e. The third kappa shape index (κ3) is 4.31. The van der Waals surface area contributed by atoms with Crippen LogP contribution in [0.1, 0.15) is 45.1 Å². The predicted octanol–water partition coefficient (Wildman–Crippen LogP) is 3.48. The molecular formula is C21H30N4O4. The smallest absolute Gasteiger partial charge is 0.310 e. The molecule has 0 radical (unpaired) electrons. The fourth-order valence-corrected chi connectivity index (χ4v) is 4.48. The van der Waals surface area contributed by atoms with Crippen LogP contribution in [0.4, 0.5) is 17.1 Å². The van der Waals surface area contributed by atoms with Crippen LogP contribution in [-0.2, 0) is 9.47 Å². The van der Waals surface area contributed by atoms with E-state index < -0.39 is 4.92 Å². The normalized spacial score (nSPS) is 27.6. The number of nitro benzene ring substituents is 1. The van der Waals surface area contributed by atoms with E-state index >= 15 is 0 Å². The first-order valence-corrected chi connectivity index (χ1v) is 10.1. The summed E-state index contributed by atoms with van der Waals surface area (Å²) in [6, 6.07) is 5.55. The summed E-state index contributed by atoms with van der Waals surface area (Å²) >= 11 is 0. The van der Waals surface area contributed by atoms with Gasteiger partial charge in [-0.25, -0.2) is 0 Å². The van der Waals surface area contributed by atoms with Crippen LogP contribution in [-0.4, -0.2) is 56.5 Å². The van der Waals surface area contributed by atoms with Gasteiger partial charge >= 0.3 is 5.69 Å². The van der Waals surface area contributed by atoms with Gasteiger partial charge in [0, 0.05) is 46.1 Å². The van der Waals surface area contributed by atoms with Crippen molar-refractivity contribution in [2.24, 2.45) is 0 Å². The van der Waals surface area contributed by atoms with Gasteiger partial charge in [-0.05, 0) is 51.7 Å². The van der Waals surface area contributed by atoms with Gasteiger partial charge in [0.25, 0.3) is 0 Å². The first-order valence-electron chi connectivity index (χ1n) is 10.1. The molecule has 158 valence electrons. The van der Waals surface area contributed by atoms with Crippen LogP contribution in [0.25, 0.3) is 0 Å². The lowest BCUT2D eigenvalue weighted by Crippen LogP contribution is -2.48. The Morgan fingerprint density at radius 3 is 2.14 bits per heavy atom. The minimum absolute atomic E-state index is 0.0943. The number of benzene rings is 1. The van der Waals surface area contributed by atoms with E-state index in [1.807, 2.05) is 24.0 Å². The minimum atomic E-state index is -0.439. The zero-order chi connectivity index (χ0) is 21.2. The summed E-state index contributed by atoms with van der Waals surface area (Å²) in [5, 5.41) is 21.5. The Hall–Kier alpha value is -2.37. The maximum atomic E-state index is 11.9. The van der Waals surface area contributed by atoms with Gasteiger partial charge in [-0.15, -0.1) is 0 Å². The molecule has 8 nitrogen and oxygen atoms in total. The second-order valence-corrected chi connectivity index (χ2v) is 8.59. The first kappa shape index (κ1) is 21.3. The molecule has 8 heteroatoms. The molecule has 2 atom stereocenters. The monoisotopic (exact) mass is 402 g/mol. The van der Waals surface area contributed by atoms with E-state index in [4.69, 9.17) is 9.47 Å². The summed E-state index contributed by atoms with van der Waals surface area (Å²) in [6.45, 7) is 6.86. The van der Waals surface area contributed by atoms with Gasteiger partial charge < -0.3 is 19.3 Å². The van der Waals surface area contributed by atoms with E-state index in [0.717, 1.165) is 37.9 Å². The fourth-order valence-electron chi connectivity index (χ4n) is 4.48. The quantitative estimate of drug-likeness (QED) is 0.550. The third-order valence-electron chi connectivity index (χ3n) is 6.39. The largest absolute Gasteiger partial charge is 0.377 e. The fraction of sp³-hybridized carbons (Fsp3) is 0.667. The highest BCUT2D eigenvalue weighted by atomic mass is 16.6. The van der Waals surface area contributed by atoms with E-state index in [-0.39, 0.29) is 22.5 Å². The summed E-state index contributed by atoms with van der Waals surface area (Å²) in [5.74, 6) is 0. The average molecular weight is 402 g/mol. The zero-order valence-electron chi connectivity index (χ0n) is 17.7. The molecule has 0 spiro atoms. The molecule has 1 aromatic rings. The van der Waals surface area contributed by atoms with Gasteiger partial charge in [-0.3, -0.25) is 10.1 Å². The number of ether oxygens (including phenoxy) is 2. The van der Waals surface area contributed by atoms with Gasteiger partial charge in [0.2, 0.25) is 0 Å². The molecule has 3 rings (SSSR count). The van der Waals surface area contributed by atoms with Crippen LogP contribution >= 0.6 is 0 Å². The van der Waals surface area contributed by atoms with Crippen LogP contribution in [0, 0.1) is 21.4 Å². The molecule has 2 fully saturated rings. The van der Waals surface area contributed by atoms with E-state index in [1.165, 1.54) is 0 Å². The Morgan fingerprint density at radius 1 is 1.07 bits per heavy atom. The van der Waals surface area contributed by atoms with Gasteiger partial charge in [-0.2, -0.15) is 5.26 Å². The van der Waals surface area contributed by atoms with E-state index in [9.17, 15) is 15.4 Å². The summed E-state index contributed by atoms with van der Waals surface area (Å²) in [7, 11) is 3.39. The predicted molar refractivity (Wildman–Crippen MR) is 112 cm³/mol. The number of nitriles is 1. The molecular weight excluding hydrogens is 372 g/mol. The van der Waals surface area contributed by atoms with Crippen molar-refractivity contribution in [3.05, 3.63) is 27.8 Å². The molecule has 2 heterocycles. The number of hydrogen-bond acceptors (Lipinski definition) is 7. The van der Waals surface area contributed by atoms with Gasteiger partial charge in [-0.1, -0.05) is 0 Å². The van der Waals surface area contributed by atoms with Crippen molar-refractivity contribution in [3.8, 4) is 6.07 Å². The first-order chi connectivity index (χ1) is 13.7. The highest BCUT2D eigenvalue weighted by Gasteiger charge is 2.36. The van der Waals surface area contributed by atoms with Crippen molar-refractivity contribution in [3.63, 3.8) is 0 Å². The second-order valence-electron chi connectivity index (χ2n) is 8.59. The molecule has 0 saturated carbocycles. The number of anilines is 2. The molecule has 0 N–H and O–H groups in total. The van der Waals surface area contributed by atoms with Crippen molar-refractivity contribution >= 4 is 17.1 Å². The lowest BCUT2D eigenvalue weighted by atomic mass is 9.93. The number of methoxy groups -OCH3 is 2. The zero-order valence-corrected chi connectivity index (χ0v) is 17.7. The van der Waals surface area contributed by atoms with Crippen molar-refractivity contribution in [1.29, 1.82) is 5.26 Å². The number of hydrogen-bond donors (Lipinski definition) is 0. The van der Waals surface area contributed by atoms with Crippen LogP contribution in [0.5, 0.6) is 0 Å². The van der Waals surface area contributed by atoms with Crippen molar-refractivity contribution in [2.45, 2.75) is 50.7 Å². The average Bonchev–Trinajstić information content (AvgIpc) is 2.72. The number of nitro groups is 1. The Bertz CT molecular complexity index is 824. The summed E-state index contributed by atoms with van der Waals surface area (Å²) in [6.07, 6.45) is 3.70. The maximum absolute atomic E-state index is 11.9. The highest BCUT2D eigenvalue weighted by molar-refractivity contribution is 5.76. The molecule has 1 aromatic carbocycles. The SMILES string of the molecule is COC1(C)CCCN(c2cc(C#N)c([N+](=O)[O-])c(N3CCCC(C)(OC)C3)c2)C1. The second kappa shape index (κ2) is 8.17. The third-order valence-corrected chi connectivity index (χ3v) is 6.39. The number of rotatable bonds is 5. The van der Waals surface area contributed by atoms with Crippen LogP contribution < -0.4 is 9.80 Å². The molecule has 0 aliphatic carbocycles. The van der Waals surface area contributed by atoms with Gasteiger partial charge in [0.15, 0.2) is 0 Å². The van der Waals surface area contributed by atoms with Gasteiger partial charge in [0.05, 0.1) is 16.1 Å². The van der Waals surface area contributed by atoms with E-state index in [2.05, 4.69) is 11.8 Å². The summed E-state index contributed by atoms with van der Waals surface area (Å²) in [5.41, 5.74) is 0.660. The topological polar surface area (TPSA) is 91.9 Å². The molecule has 2 unspecified atom stereocenters. The molecule has 2 aliphatic heterocycles. The molecule has 0 bridgehead atoms. The highest BCUT2D eigenvalue weighted by Crippen LogP contribution is 2.40.